The predicted octanol–water partition coefficient (Wildman–Crippen LogP) is 3.50. The van der Waals surface area contributed by atoms with Crippen LogP contribution in [-0.2, 0) is 9.53 Å². The topological polar surface area (TPSA) is 38.8 Å². The summed E-state index contributed by atoms with van der Waals surface area (Å²) in [4.78, 5) is 14.4. The number of carbonyl (C=O) groups excluding carboxylic acids is 1. The SMILES string of the molecule is CCOC(=O)C(CC)C1CCN(c2ccc(OC)cc2)CC1. The van der Waals surface area contributed by atoms with E-state index in [4.69, 9.17) is 9.47 Å². The first-order chi connectivity index (χ1) is 10.7. The average molecular weight is 305 g/mol. The average Bonchev–Trinajstić information content (AvgIpc) is 2.56. The standard InChI is InChI=1S/C18H27NO3/c1-4-17(18(20)22-5-2)14-10-12-19(13-11-14)15-6-8-16(21-3)9-7-15/h6-9,14,17H,4-5,10-13H2,1-3H3. The van der Waals surface area contributed by atoms with Crippen LogP contribution in [0.15, 0.2) is 24.3 Å². The van der Waals surface area contributed by atoms with Gasteiger partial charge in [0.05, 0.1) is 19.6 Å². The Bertz CT molecular complexity index is 464. The molecule has 0 spiro atoms. The van der Waals surface area contributed by atoms with Crippen molar-refractivity contribution in [2.24, 2.45) is 11.8 Å². The van der Waals surface area contributed by atoms with E-state index in [9.17, 15) is 4.79 Å². The van der Waals surface area contributed by atoms with Gasteiger partial charge in [0.1, 0.15) is 5.75 Å². The highest BCUT2D eigenvalue weighted by Gasteiger charge is 2.31. The summed E-state index contributed by atoms with van der Waals surface area (Å²) in [5, 5.41) is 0. The second-order valence-electron chi connectivity index (χ2n) is 5.79. The maximum atomic E-state index is 12.0. The molecule has 4 heteroatoms. The summed E-state index contributed by atoms with van der Waals surface area (Å²) in [6.45, 7) is 6.41. The molecule has 0 aromatic heterocycles. The van der Waals surface area contributed by atoms with Crippen molar-refractivity contribution in [1.29, 1.82) is 0 Å². The maximum absolute atomic E-state index is 12.0. The molecule has 4 nitrogen and oxygen atoms in total. The first kappa shape index (κ1) is 16.7. The highest BCUT2D eigenvalue weighted by Crippen LogP contribution is 2.31. The number of hydrogen-bond donors (Lipinski definition) is 0. The van der Waals surface area contributed by atoms with Gasteiger partial charge in [0.25, 0.3) is 0 Å². The summed E-state index contributed by atoms with van der Waals surface area (Å²) in [5.41, 5.74) is 1.23. The van der Waals surface area contributed by atoms with Crippen molar-refractivity contribution in [2.45, 2.75) is 33.1 Å². The first-order valence-electron chi connectivity index (χ1n) is 8.25. The van der Waals surface area contributed by atoms with Gasteiger partial charge in [-0.15, -0.1) is 0 Å². The molecular formula is C18H27NO3. The molecule has 0 amide bonds. The van der Waals surface area contributed by atoms with E-state index in [1.54, 1.807) is 7.11 Å². The Balaban J connectivity index is 1.92. The van der Waals surface area contributed by atoms with Crippen LogP contribution in [0.2, 0.25) is 0 Å². The zero-order chi connectivity index (χ0) is 15.9. The number of ether oxygens (including phenoxy) is 2. The molecule has 1 aromatic rings. The van der Waals surface area contributed by atoms with Gasteiger partial charge < -0.3 is 14.4 Å². The molecule has 1 heterocycles. The van der Waals surface area contributed by atoms with Crippen LogP contribution < -0.4 is 9.64 Å². The van der Waals surface area contributed by atoms with E-state index in [1.165, 1.54) is 5.69 Å². The third kappa shape index (κ3) is 3.93. The van der Waals surface area contributed by atoms with Crippen molar-refractivity contribution >= 4 is 11.7 Å². The molecule has 0 N–H and O–H groups in total. The number of nitrogens with zero attached hydrogens (tertiary/aromatic N) is 1. The summed E-state index contributed by atoms with van der Waals surface area (Å²) in [6, 6.07) is 8.19. The molecule has 0 saturated carbocycles. The summed E-state index contributed by atoms with van der Waals surface area (Å²) >= 11 is 0. The number of methoxy groups -OCH3 is 1. The van der Waals surface area contributed by atoms with Crippen molar-refractivity contribution in [3.8, 4) is 5.75 Å². The lowest BCUT2D eigenvalue weighted by molar-refractivity contribution is -0.150. The highest BCUT2D eigenvalue weighted by molar-refractivity contribution is 5.72. The van der Waals surface area contributed by atoms with Crippen molar-refractivity contribution in [3.05, 3.63) is 24.3 Å². The lowest BCUT2D eigenvalue weighted by Crippen LogP contribution is -2.38. The number of hydrogen-bond acceptors (Lipinski definition) is 4. The lowest BCUT2D eigenvalue weighted by atomic mass is 9.82. The summed E-state index contributed by atoms with van der Waals surface area (Å²) in [7, 11) is 1.68. The van der Waals surface area contributed by atoms with Crippen LogP contribution in [0.4, 0.5) is 5.69 Å². The fraction of sp³-hybridized carbons (Fsp3) is 0.611. The van der Waals surface area contributed by atoms with Crippen molar-refractivity contribution in [1.82, 2.24) is 0 Å². The summed E-state index contributed by atoms with van der Waals surface area (Å²) < 4.78 is 10.4. The van der Waals surface area contributed by atoms with Crippen molar-refractivity contribution < 1.29 is 14.3 Å². The number of rotatable bonds is 6. The molecule has 2 rings (SSSR count). The Morgan fingerprint density at radius 2 is 1.86 bits per heavy atom. The molecule has 22 heavy (non-hydrogen) atoms. The largest absolute Gasteiger partial charge is 0.497 e. The van der Waals surface area contributed by atoms with E-state index < -0.39 is 0 Å². The quantitative estimate of drug-likeness (QED) is 0.754. The van der Waals surface area contributed by atoms with Crippen LogP contribution in [0.25, 0.3) is 0 Å². The molecule has 1 fully saturated rings. The van der Waals surface area contributed by atoms with Gasteiger partial charge in [-0.1, -0.05) is 6.92 Å². The normalized spacial score (nSPS) is 17.1. The van der Waals surface area contributed by atoms with Gasteiger partial charge in [-0.25, -0.2) is 0 Å². The Morgan fingerprint density at radius 3 is 2.36 bits per heavy atom. The zero-order valence-electron chi connectivity index (χ0n) is 13.9. The van der Waals surface area contributed by atoms with Gasteiger partial charge >= 0.3 is 5.97 Å². The minimum Gasteiger partial charge on any atom is -0.497 e. The Hall–Kier alpha value is -1.71. The van der Waals surface area contributed by atoms with Gasteiger partial charge in [-0.05, 0) is 56.4 Å². The fourth-order valence-electron chi connectivity index (χ4n) is 3.29. The van der Waals surface area contributed by atoms with Gasteiger partial charge in [0.15, 0.2) is 0 Å². The molecule has 0 aliphatic carbocycles. The van der Waals surface area contributed by atoms with Gasteiger partial charge in [0, 0.05) is 18.8 Å². The van der Waals surface area contributed by atoms with E-state index in [0.717, 1.165) is 38.1 Å². The van der Waals surface area contributed by atoms with Crippen molar-refractivity contribution in [3.63, 3.8) is 0 Å². The number of esters is 1. The molecule has 1 aliphatic rings. The molecule has 1 aliphatic heterocycles. The van der Waals surface area contributed by atoms with Crippen LogP contribution in [0.3, 0.4) is 0 Å². The lowest BCUT2D eigenvalue weighted by Gasteiger charge is -2.36. The first-order valence-corrected chi connectivity index (χ1v) is 8.25. The minimum atomic E-state index is -0.0205. The van der Waals surface area contributed by atoms with Crippen LogP contribution in [0.1, 0.15) is 33.1 Å². The van der Waals surface area contributed by atoms with E-state index in [1.807, 2.05) is 19.1 Å². The second kappa shape index (κ2) is 8.06. The van der Waals surface area contributed by atoms with Crippen LogP contribution in [-0.4, -0.2) is 32.8 Å². The highest BCUT2D eigenvalue weighted by atomic mass is 16.5. The maximum Gasteiger partial charge on any atom is 0.309 e. The molecule has 0 bridgehead atoms. The molecular weight excluding hydrogens is 278 g/mol. The molecule has 0 radical (unpaired) electrons. The Labute approximate surface area is 133 Å². The fourth-order valence-corrected chi connectivity index (χ4v) is 3.29. The summed E-state index contributed by atoms with van der Waals surface area (Å²) in [5.74, 6) is 1.36. The predicted molar refractivity (Wildman–Crippen MR) is 88.3 cm³/mol. The third-order valence-electron chi connectivity index (χ3n) is 4.58. The van der Waals surface area contributed by atoms with Crippen molar-refractivity contribution in [2.75, 3.05) is 31.7 Å². The van der Waals surface area contributed by atoms with E-state index in [2.05, 4.69) is 24.0 Å². The molecule has 1 atom stereocenters. The molecule has 1 unspecified atom stereocenters. The van der Waals surface area contributed by atoms with Crippen LogP contribution in [0.5, 0.6) is 5.75 Å². The van der Waals surface area contributed by atoms with E-state index in [0.29, 0.717) is 12.5 Å². The minimum absolute atomic E-state index is 0.0205. The summed E-state index contributed by atoms with van der Waals surface area (Å²) in [6.07, 6.45) is 2.96. The second-order valence-corrected chi connectivity index (χ2v) is 5.79. The third-order valence-corrected chi connectivity index (χ3v) is 4.58. The smallest absolute Gasteiger partial charge is 0.309 e. The Morgan fingerprint density at radius 1 is 1.23 bits per heavy atom. The van der Waals surface area contributed by atoms with E-state index in [-0.39, 0.29) is 11.9 Å². The number of anilines is 1. The van der Waals surface area contributed by atoms with Crippen LogP contribution in [0, 0.1) is 11.8 Å². The Kier molecular flexibility index (Phi) is 6.10. The number of benzene rings is 1. The van der Waals surface area contributed by atoms with Gasteiger partial charge in [-0.3, -0.25) is 4.79 Å². The monoisotopic (exact) mass is 305 g/mol. The zero-order valence-corrected chi connectivity index (χ0v) is 13.9. The number of piperidine rings is 1. The van der Waals surface area contributed by atoms with Gasteiger partial charge in [0.2, 0.25) is 0 Å². The van der Waals surface area contributed by atoms with Crippen LogP contribution >= 0.6 is 0 Å². The number of carbonyl (C=O) groups is 1. The molecule has 1 aromatic carbocycles. The molecule has 1 saturated heterocycles. The van der Waals surface area contributed by atoms with Gasteiger partial charge in [-0.2, -0.15) is 0 Å². The van der Waals surface area contributed by atoms with E-state index >= 15 is 0 Å². The molecule has 122 valence electrons.